The second-order valence-electron chi connectivity index (χ2n) is 16.9. The minimum absolute atomic E-state index is 1.08. The van der Waals surface area contributed by atoms with Gasteiger partial charge in [0.2, 0.25) is 0 Å². The van der Waals surface area contributed by atoms with Crippen LogP contribution in [0.5, 0.6) is 0 Å². The van der Waals surface area contributed by atoms with Crippen molar-refractivity contribution in [1.82, 2.24) is 9.13 Å². The van der Waals surface area contributed by atoms with E-state index in [1.165, 1.54) is 76.3 Å². The number of hydrogen-bond donors (Lipinski definition) is 0. The largest absolute Gasteiger partial charge is 0.310 e. The van der Waals surface area contributed by atoms with Crippen molar-refractivity contribution in [3.8, 4) is 33.6 Å². The van der Waals surface area contributed by atoms with Crippen LogP contribution in [0.3, 0.4) is 0 Å². The molecular formula is C62H41N3. The Kier molecular flexibility index (Phi) is 8.53. The standard InChI is InChI=1S/C62H41N3/c1-2-16-49-42(15-1)29-30-45-35-40-48(41-56(45)49)63(46-36-31-43(32-37-46)50-17-3-9-23-57(50)64-59-25-11-5-19-52(59)53-20-6-12-26-60(53)64)47-38-33-44(34-39-47)51-18-4-10-24-58(51)65-61-27-13-7-21-54(61)55-22-8-14-28-62(55)65/h1-41H. The normalized spacial score (nSPS) is 11.7. The van der Waals surface area contributed by atoms with Crippen molar-refractivity contribution in [1.29, 1.82) is 0 Å². The number of rotatable bonds is 7. The van der Waals surface area contributed by atoms with Gasteiger partial charge in [-0.2, -0.15) is 0 Å². The van der Waals surface area contributed by atoms with E-state index in [-0.39, 0.29) is 0 Å². The summed E-state index contributed by atoms with van der Waals surface area (Å²) in [6, 6.07) is 90.7. The average Bonchev–Trinajstić information content (AvgIpc) is 3.90. The SMILES string of the molecule is c1ccc(-n2c3ccccc3c3ccccc32)c(-c2ccc(N(c3ccc(-c4ccccc4-n4c5ccccc5c5ccccc54)cc3)c3ccc4ccc5ccccc5c4c3)cc2)c1. The van der Waals surface area contributed by atoms with Crippen molar-refractivity contribution in [2.75, 3.05) is 4.90 Å². The van der Waals surface area contributed by atoms with Crippen LogP contribution in [-0.4, -0.2) is 9.13 Å². The van der Waals surface area contributed by atoms with Crippen LogP contribution in [0.2, 0.25) is 0 Å². The number of fused-ring (bicyclic) bond motifs is 9. The molecule has 0 unspecified atom stereocenters. The summed E-state index contributed by atoms with van der Waals surface area (Å²) >= 11 is 0. The van der Waals surface area contributed by atoms with Gasteiger partial charge in [-0.05, 0) is 105 Å². The highest BCUT2D eigenvalue weighted by atomic mass is 15.1. The van der Waals surface area contributed by atoms with E-state index in [2.05, 4.69) is 263 Å². The molecule has 2 heterocycles. The highest BCUT2D eigenvalue weighted by molar-refractivity contribution is 6.12. The van der Waals surface area contributed by atoms with Gasteiger partial charge in [-0.3, -0.25) is 0 Å². The Morgan fingerprint density at radius 2 is 0.585 bits per heavy atom. The first kappa shape index (κ1) is 36.9. The molecule has 13 aromatic rings. The summed E-state index contributed by atoms with van der Waals surface area (Å²) < 4.78 is 4.83. The molecule has 0 N–H and O–H groups in total. The molecule has 0 bridgehead atoms. The Bertz CT molecular complexity index is 3640. The monoisotopic (exact) mass is 827 g/mol. The van der Waals surface area contributed by atoms with Crippen LogP contribution in [0.15, 0.2) is 249 Å². The maximum absolute atomic E-state index is 2.42. The molecule has 304 valence electrons. The first-order valence-corrected chi connectivity index (χ1v) is 22.3. The fourth-order valence-electron chi connectivity index (χ4n) is 10.3. The van der Waals surface area contributed by atoms with E-state index in [9.17, 15) is 0 Å². The molecule has 11 aromatic carbocycles. The number of nitrogens with zero attached hydrogens (tertiary/aromatic N) is 3. The minimum atomic E-state index is 1.08. The molecule has 0 aliphatic carbocycles. The van der Waals surface area contributed by atoms with E-state index in [4.69, 9.17) is 0 Å². The first-order chi connectivity index (χ1) is 32.3. The fourth-order valence-corrected chi connectivity index (χ4v) is 10.3. The van der Waals surface area contributed by atoms with Crippen LogP contribution in [0.4, 0.5) is 17.1 Å². The molecule has 0 aliphatic rings. The van der Waals surface area contributed by atoms with Gasteiger partial charge in [-0.1, -0.05) is 176 Å². The van der Waals surface area contributed by atoms with Crippen LogP contribution in [0.25, 0.3) is 98.8 Å². The third-order valence-corrected chi connectivity index (χ3v) is 13.3. The van der Waals surface area contributed by atoms with Gasteiger partial charge >= 0.3 is 0 Å². The van der Waals surface area contributed by atoms with Crippen LogP contribution >= 0.6 is 0 Å². The summed E-state index contributed by atoms with van der Waals surface area (Å²) in [4.78, 5) is 2.40. The lowest BCUT2D eigenvalue weighted by atomic mass is 9.99. The maximum Gasteiger partial charge on any atom is 0.0541 e. The lowest BCUT2D eigenvalue weighted by Crippen LogP contribution is -2.10. The van der Waals surface area contributed by atoms with Gasteiger partial charge in [-0.25, -0.2) is 0 Å². The van der Waals surface area contributed by atoms with Gasteiger partial charge in [0, 0.05) is 49.7 Å². The smallest absolute Gasteiger partial charge is 0.0541 e. The third kappa shape index (κ3) is 5.97. The highest BCUT2D eigenvalue weighted by Gasteiger charge is 2.19. The molecule has 65 heavy (non-hydrogen) atoms. The molecule has 0 saturated heterocycles. The maximum atomic E-state index is 2.42. The van der Waals surface area contributed by atoms with Crippen LogP contribution < -0.4 is 4.90 Å². The summed E-state index contributed by atoms with van der Waals surface area (Å²) in [6.07, 6.45) is 0. The number of benzene rings is 11. The molecule has 0 aliphatic heterocycles. The van der Waals surface area contributed by atoms with Crippen LogP contribution in [-0.2, 0) is 0 Å². The zero-order valence-corrected chi connectivity index (χ0v) is 35.5. The van der Waals surface area contributed by atoms with Gasteiger partial charge in [0.25, 0.3) is 0 Å². The third-order valence-electron chi connectivity index (χ3n) is 13.3. The summed E-state index contributed by atoms with van der Waals surface area (Å²) in [7, 11) is 0. The van der Waals surface area contributed by atoms with Crippen molar-refractivity contribution >= 4 is 82.2 Å². The number of hydrogen-bond acceptors (Lipinski definition) is 1. The van der Waals surface area contributed by atoms with E-state index in [1.807, 2.05) is 0 Å². The lowest BCUT2D eigenvalue weighted by molar-refractivity contribution is 1.18. The molecule has 2 aromatic heterocycles. The number of anilines is 3. The molecule has 0 saturated carbocycles. The Hall–Kier alpha value is -8.66. The molecule has 0 radical (unpaired) electrons. The Labute approximate surface area is 376 Å². The van der Waals surface area contributed by atoms with Gasteiger partial charge in [0.05, 0.1) is 33.4 Å². The minimum Gasteiger partial charge on any atom is -0.310 e. The van der Waals surface area contributed by atoms with E-state index in [1.54, 1.807) is 0 Å². The number of para-hydroxylation sites is 6. The van der Waals surface area contributed by atoms with Gasteiger partial charge < -0.3 is 14.0 Å². The summed E-state index contributed by atoms with van der Waals surface area (Å²) in [5.74, 6) is 0. The van der Waals surface area contributed by atoms with Gasteiger partial charge in [0.1, 0.15) is 0 Å². The van der Waals surface area contributed by atoms with E-state index < -0.39 is 0 Å². The van der Waals surface area contributed by atoms with E-state index >= 15 is 0 Å². The molecule has 0 fully saturated rings. The molecule has 0 amide bonds. The molecule has 0 atom stereocenters. The second kappa shape index (κ2) is 15.0. The summed E-state index contributed by atoms with van der Waals surface area (Å²) in [5.41, 5.74) is 15.1. The average molecular weight is 828 g/mol. The Balaban J connectivity index is 0.944. The molecule has 3 nitrogen and oxygen atoms in total. The van der Waals surface area contributed by atoms with Crippen molar-refractivity contribution < 1.29 is 0 Å². The molecular weight excluding hydrogens is 787 g/mol. The van der Waals surface area contributed by atoms with Crippen molar-refractivity contribution in [3.63, 3.8) is 0 Å². The van der Waals surface area contributed by atoms with Gasteiger partial charge in [-0.15, -0.1) is 0 Å². The number of aromatic nitrogens is 2. The Morgan fingerprint density at radius 1 is 0.246 bits per heavy atom. The topological polar surface area (TPSA) is 13.1 Å². The summed E-state index contributed by atoms with van der Waals surface area (Å²) in [5, 5.41) is 9.98. The first-order valence-electron chi connectivity index (χ1n) is 22.3. The summed E-state index contributed by atoms with van der Waals surface area (Å²) in [6.45, 7) is 0. The highest BCUT2D eigenvalue weighted by Crippen LogP contribution is 2.42. The quantitative estimate of drug-likeness (QED) is 0.146. The zero-order chi connectivity index (χ0) is 42.8. The van der Waals surface area contributed by atoms with Crippen LogP contribution in [0, 0.1) is 0 Å². The predicted octanol–water partition coefficient (Wildman–Crippen LogP) is 17.0. The van der Waals surface area contributed by atoms with Crippen molar-refractivity contribution in [2.45, 2.75) is 0 Å². The van der Waals surface area contributed by atoms with Crippen molar-refractivity contribution in [2.24, 2.45) is 0 Å². The van der Waals surface area contributed by atoms with E-state index in [0.717, 1.165) is 39.6 Å². The predicted molar refractivity (Wildman–Crippen MR) is 276 cm³/mol. The molecule has 3 heteroatoms. The van der Waals surface area contributed by atoms with E-state index in [0.29, 0.717) is 0 Å². The van der Waals surface area contributed by atoms with Crippen LogP contribution in [0.1, 0.15) is 0 Å². The Morgan fingerprint density at radius 3 is 1.05 bits per heavy atom. The van der Waals surface area contributed by atoms with Crippen molar-refractivity contribution in [3.05, 3.63) is 249 Å². The zero-order valence-electron chi connectivity index (χ0n) is 35.5. The molecule has 13 rings (SSSR count). The second-order valence-corrected chi connectivity index (χ2v) is 16.9. The van der Waals surface area contributed by atoms with Gasteiger partial charge in [0.15, 0.2) is 0 Å². The molecule has 0 spiro atoms. The lowest BCUT2D eigenvalue weighted by Gasteiger charge is -2.27. The fraction of sp³-hybridized carbons (Fsp3) is 0.